The van der Waals surface area contributed by atoms with Crippen molar-refractivity contribution in [2.45, 2.75) is 19.8 Å². The summed E-state index contributed by atoms with van der Waals surface area (Å²) in [5.41, 5.74) is 6.86. The molecule has 1 amide bonds. The summed E-state index contributed by atoms with van der Waals surface area (Å²) in [6, 6.07) is 0. The second-order valence-corrected chi connectivity index (χ2v) is 3.86. The van der Waals surface area contributed by atoms with E-state index in [9.17, 15) is 9.59 Å². The van der Waals surface area contributed by atoms with Crippen molar-refractivity contribution in [1.82, 2.24) is 4.98 Å². The molecule has 3 N–H and O–H groups in total. The number of Topliss-reactive ketones (excluding diaryl/α,β-unsaturated/α-hetero) is 1. The van der Waals surface area contributed by atoms with E-state index in [-0.39, 0.29) is 5.78 Å². The molecule has 0 spiro atoms. The Morgan fingerprint density at radius 2 is 2.29 bits per heavy atom. The van der Waals surface area contributed by atoms with Crippen LogP contribution in [-0.2, 0) is 6.42 Å². The molecule has 0 fully saturated rings. The third-order valence-corrected chi connectivity index (χ3v) is 2.59. The lowest BCUT2D eigenvalue weighted by molar-refractivity contribution is 0.0935. The first-order valence-electron chi connectivity index (χ1n) is 4.63. The number of aromatic nitrogens is 1. The van der Waals surface area contributed by atoms with Crippen LogP contribution in [0.25, 0.3) is 0 Å². The predicted molar refractivity (Wildman–Crippen MR) is 51.1 cm³/mol. The Labute approximate surface area is 81.5 Å². The molecule has 0 radical (unpaired) electrons. The molecule has 1 heterocycles. The molecule has 14 heavy (non-hydrogen) atoms. The molecular weight excluding hydrogens is 180 g/mol. The first kappa shape index (κ1) is 8.99. The highest BCUT2D eigenvalue weighted by molar-refractivity contribution is 6.09. The SMILES string of the molecule is CC1CC(=O)c2c(C(N)=O)c[nH]c2C1. The van der Waals surface area contributed by atoms with E-state index in [0.717, 1.165) is 12.1 Å². The molecule has 2 rings (SSSR count). The third-order valence-electron chi connectivity index (χ3n) is 2.59. The first-order valence-corrected chi connectivity index (χ1v) is 4.63. The average molecular weight is 192 g/mol. The summed E-state index contributed by atoms with van der Waals surface area (Å²) in [6.07, 6.45) is 2.85. The lowest BCUT2D eigenvalue weighted by Gasteiger charge is -2.17. The van der Waals surface area contributed by atoms with Gasteiger partial charge in [0.25, 0.3) is 5.91 Å². The highest BCUT2D eigenvalue weighted by Crippen LogP contribution is 2.26. The number of hydrogen-bond donors (Lipinski definition) is 2. The largest absolute Gasteiger partial charge is 0.366 e. The van der Waals surface area contributed by atoms with E-state index >= 15 is 0 Å². The van der Waals surface area contributed by atoms with Gasteiger partial charge in [-0.15, -0.1) is 0 Å². The number of amides is 1. The maximum absolute atomic E-state index is 11.7. The fourth-order valence-corrected chi connectivity index (χ4v) is 1.98. The number of aromatic amines is 1. The quantitative estimate of drug-likeness (QED) is 0.693. The predicted octanol–water partition coefficient (Wildman–Crippen LogP) is 0.879. The zero-order valence-electron chi connectivity index (χ0n) is 7.96. The molecule has 0 aliphatic heterocycles. The van der Waals surface area contributed by atoms with E-state index in [2.05, 4.69) is 4.98 Å². The first-order chi connectivity index (χ1) is 6.59. The average Bonchev–Trinajstić information content (AvgIpc) is 2.47. The number of fused-ring (bicyclic) bond motifs is 1. The molecule has 1 atom stereocenters. The monoisotopic (exact) mass is 192 g/mol. The Morgan fingerprint density at radius 1 is 1.57 bits per heavy atom. The van der Waals surface area contributed by atoms with Gasteiger partial charge in [0.1, 0.15) is 0 Å². The molecular formula is C10H12N2O2. The van der Waals surface area contributed by atoms with Crippen molar-refractivity contribution in [3.8, 4) is 0 Å². The van der Waals surface area contributed by atoms with Crippen LogP contribution in [-0.4, -0.2) is 16.7 Å². The summed E-state index contributed by atoms with van der Waals surface area (Å²) in [5.74, 6) is -0.173. The number of nitrogens with two attached hydrogens (primary N) is 1. The molecule has 0 saturated heterocycles. The van der Waals surface area contributed by atoms with Gasteiger partial charge in [-0.05, 0) is 12.3 Å². The summed E-state index contributed by atoms with van der Waals surface area (Å²) < 4.78 is 0. The van der Waals surface area contributed by atoms with Crippen molar-refractivity contribution in [3.63, 3.8) is 0 Å². The van der Waals surface area contributed by atoms with Crippen molar-refractivity contribution in [1.29, 1.82) is 0 Å². The summed E-state index contributed by atoms with van der Waals surface area (Å²) in [4.78, 5) is 25.6. The number of H-pyrrole nitrogens is 1. The normalized spacial score (nSPS) is 20.6. The smallest absolute Gasteiger partial charge is 0.250 e. The van der Waals surface area contributed by atoms with Crippen LogP contribution >= 0.6 is 0 Å². The minimum atomic E-state index is -0.537. The highest BCUT2D eigenvalue weighted by atomic mass is 16.1. The van der Waals surface area contributed by atoms with Gasteiger partial charge in [0.05, 0.1) is 11.1 Å². The van der Waals surface area contributed by atoms with E-state index in [1.165, 1.54) is 6.20 Å². The number of nitrogens with one attached hydrogen (secondary N) is 1. The van der Waals surface area contributed by atoms with Crippen molar-refractivity contribution in [2.75, 3.05) is 0 Å². The maximum Gasteiger partial charge on any atom is 0.250 e. The van der Waals surface area contributed by atoms with Crippen LogP contribution in [0.2, 0.25) is 0 Å². The maximum atomic E-state index is 11.7. The Balaban J connectivity index is 2.52. The van der Waals surface area contributed by atoms with Crippen LogP contribution in [0.4, 0.5) is 0 Å². The standard InChI is InChI=1S/C10H12N2O2/c1-5-2-7-9(8(13)3-5)6(4-12-7)10(11)14/h4-5,12H,2-3H2,1H3,(H2,11,14). The Morgan fingerprint density at radius 3 is 2.93 bits per heavy atom. The highest BCUT2D eigenvalue weighted by Gasteiger charge is 2.27. The molecule has 0 saturated carbocycles. The summed E-state index contributed by atoms with van der Waals surface area (Å²) in [6.45, 7) is 2.02. The lowest BCUT2D eigenvalue weighted by atomic mass is 9.86. The lowest BCUT2D eigenvalue weighted by Crippen LogP contribution is -2.21. The van der Waals surface area contributed by atoms with Gasteiger partial charge in [-0.2, -0.15) is 0 Å². The number of carbonyl (C=O) groups is 2. The number of hydrogen-bond acceptors (Lipinski definition) is 2. The van der Waals surface area contributed by atoms with Crippen LogP contribution in [0, 0.1) is 5.92 Å². The van der Waals surface area contributed by atoms with E-state index < -0.39 is 5.91 Å². The topological polar surface area (TPSA) is 76.0 Å². The van der Waals surface area contributed by atoms with Crippen LogP contribution in [0.1, 0.15) is 39.8 Å². The minimum Gasteiger partial charge on any atom is -0.366 e. The van der Waals surface area contributed by atoms with Gasteiger partial charge in [0.2, 0.25) is 0 Å². The number of ketones is 1. The Kier molecular flexibility index (Phi) is 1.91. The van der Waals surface area contributed by atoms with E-state index in [4.69, 9.17) is 5.73 Å². The van der Waals surface area contributed by atoms with Gasteiger partial charge in [-0.25, -0.2) is 0 Å². The van der Waals surface area contributed by atoms with Crippen molar-refractivity contribution >= 4 is 11.7 Å². The van der Waals surface area contributed by atoms with Gasteiger partial charge < -0.3 is 10.7 Å². The number of rotatable bonds is 1. The molecule has 0 bridgehead atoms. The molecule has 1 unspecified atom stereocenters. The van der Waals surface area contributed by atoms with Gasteiger partial charge in [-0.1, -0.05) is 6.92 Å². The van der Waals surface area contributed by atoms with Gasteiger partial charge >= 0.3 is 0 Å². The van der Waals surface area contributed by atoms with Crippen LogP contribution in [0.5, 0.6) is 0 Å². The van der Waals surface area contributed by atoms with Crippen LogP contribution in [0.15, 0.2) is 6.20 Å². The van der Waals surface area contributed by atoms with E-state index in [0.29, 0.717) is 23.5 Å². The molecule has 4 heteroatoms. The molecule has 0 aromatic carbocycles. The van der Waals surface area contributed by atoms with Crippen LogP contribution in [0.3, 0.4) is 0 Å². The van der Waals surface area contributed by atoms with Crippen molar-refractivity contribution in [2.24, 2.45) is 11.7 Å². The molecule has 4 nitrogen and oxygen atoms in total. The number of carbonyl (C=O) groups excluding carboxylic acids is 2. The Hall–Kier alpha value is -1.58. The Bertz CT molecular complexity index is 406. The molecule has 1 aromatic heterocycles. The fraction of sp³-hybridized carbons (Fsp3) is 0.400. The number of primary amides is 1. The summed E-state index contributed by atoms with van der Waals surface area (Å²) in [7, 11) is 0. The van der Waals surface area contributed by atoms with Crippen molar-refractivity contribution in [3.05, 3.63) is 23.0 Å². The summed E-state index contributed by atoms with van der Waals surface area (Å²) in [5, 5.41) is 0. The van der Waals surface area contributed by atoms with Gasteiger partial charge in [0, 0.05) is 18.3 Å². The zero-order valence-corrected chi connectivity index (χ0v) is 7.96. The zero-order chi connectivity index (χ0) is 10.3. The van der Waals surface area contributed by atoms with Crippen molar-refractivity contribution < 1.29 is 9.59 Å². The fourth-order valence-electron chi connectivity index (χ4n) is 1.98. The second-order valence-electron chi connectivity index (χ2n) is 3.86. The van der Waals surface area contributed by atoms with Gasteiger partial charge in [-0.3, -0.25) is 9.59 Å². The molecule has 1 aliphatic carbocycles. The summed E-state index contributed by atoms with van der Waals surface area (Å²) >= 11 is 0. The third kappa shape index (κ3) is 1.23. The minimum absolute atomic E-state index is 0.0220. The van der Waals surface area contributed by atoms with Crippen LogP contribution < -0.4 is 5.73 Å². The molecule has 1 aromatic rings. The van der Waals surface area contributed by atoms with E-state index in [1.807, 2.05) is 6.92 Å². The molecule has 1 aliphatic rings. The molecule has 74 valence electrons. The van der Waals surface area contributed by atoms with Gasteiger partial charge in [0.15, 0.2) is 5.78 Å². The van der Waals surface area contributed by atoms with E-state index in [1.54, 1.807) is 0 Å². The second kappa shape index (κ2) is 2.97.